The van der Waals surface area contributed by atoms with Crippen molar-refractivity contribution in [3.8, 4) is 23.2 Å². The predicted octanol–water partition coefficient (Wildman–Crippen LogP) is 3.48. The Morgan fingerprint density at radius 1 is 1.12 bits per heavy atom. The van der Waals surface area contributed by atoms with Crippen LogP contribution in [0.4, 0.5) is 5.69 Å². The van der Waals surface area contributed by atoms with E-state index >= 15 is 0 Å². The van der Waals surface area contributed by atoms with E-state index in [-0.39, 0.29) is 12.1 Å². The summed E-state index contributed by atoms with van der Waals surface area (Å²) in [6, 6.07) is 22.2. The molecule has 4 aromatic rings. The van der Waals surface area contributed by atoms with E-state index in [0.29, 0.717) is 18.0 Å². The van der Waals surface area contributed by atoms with Crippen LogP contribution in [0.5, 0.6) is 5.88 Å². The Kier molecular flexibility index (Phi) is 5.95. The van der Waals surface area contributed by atoms with E-state index in [4.69, 9.17) is 10.00 Å². The number of aromatic amines is 1. The molecule has 5 rings (SSSR count). The molecule has 0 fully saturated rings. The van der Waals surface area contributed by atoms with Gasteiger partial charge < -0.3 is 15.4 Å². The quantitative estimate of drug-likeness (QED) is 0.406. The van der Waals surface area contributed by atoms with Crippen LogP contribution < -0.4 is 15.4 Å². The van der Waals surface area contributed by atoms with E-state index in [1.54, 1.807) is 12.4 Å². The van der Waals surface area contributed by atoms with Crippen molar-refractivity contribution >= 4 is 5.69 Å². The topological polar surface area (TPSA) is 112 Å². The van der Waals surface area contributed by atoms with E-state index in [1.165, 1.54) is 5.56 Å². The Hall–Kier alpha value is -4.22. The van der Waals surface area contributed by atoms with Crippen molar-refractivity contribution in [3.63, 3.8) is 0 Å². The van der Waals surface area contributed by atoms with Gasteiger partial charge in [0.25, 0.3) is 0 Å². The average Bonchev–Trinajstić information content (AvgIpc) is 3.42. The Morgan fingerprint density at radius 2 is 1.97 bits per heavy atom. The van der Waals surface area contributed by atoms with Crippen molar-refractivity contribution in [2.75, 3.05) is 18.4 Å². The van der Waals surface area contributed by atoms with E-state index in [0.717, 1.165) is 35.5 Å². The highest BCUT2D eigenvalue weighted by atomic mass is 16.5. The Balaban J connectivity index is 1.30. The van der Waals surface area contributed by atoms with Crippen molar-refractivity contribution in [1.82, 2.24) is 25.7 Å². The van der Waals surface area contributed by atoms with Crippen LogP contribution in [0.3, 0.4) is 0 Å². The lowest BCUT2D eigenvalue weighted by Gasteiger charge is -2.33. The number of rotatable bonds is 7. The van der Waals surface area contributed by atoms with E-state index in [2.05, 4.69) is 49.2 Å². The number of H-pyrrole nitrogens is 1. The number of fused-ring (bicyclic) bond motifs is 1. The zero-order valence-corrected chi connectivity index (χ0v) is 17.9. The van der Waals surface area contributed by atoms with Crippen LogP contribution in [0.2, 0.25) is 0 Å². The smallest absolute Gasteiger partial charge is 0.237 e. The largest absolute Gasteiger partial charge is 0.469 e. The maximum absolute atomic E-state index is 8.99. The van der Waals surface area contributed by atoms with Crippen molar-refractivity contribution < 1.29 is 4.74 Å². The SMILES string of the molecule is N#Cc1ccc(CCN[C@H](c2ccccc2)[C@@H]2CNc3cc(-c4cn[nH]n4)cnc3O2)cc1. The fourth-order valence-electron chi connectivity index (χ4n) is 3.98. The lowest BCUT2D eigenvalue weighted by Crippen LogP contribution is -2.43. The summed E-state index contributed by atoms with van der Waals surface area (Å²) in [4.78, 5) is 4.53. The predicted molar refractivity (Wildman–Crippen MR) is 125 cm³/mol. The zero-order chi connectivity index (χ0) is 22.5. The number of hydrogen-bond donors (Lipinski definition) is 3. The third kappa shape index (κ3) is 4.68. The van der Waals surface area contributed by atoms with E-state index in [1.807, 2.05) is 48.5 Å². The first kappa shape index (κ1) is 20.7. The molecule has 0 bridgehead atoms. The molecule has 2 atom stereocenters. The normalized spacial score (nSPS) is 15.5. The lowest BCUT2D eigenvalue weighted by molar-refractivity contribution is 0.150. The number of anilines is 1. The molecule has 0 spiro atoms. The van der Waals surface area contributed by atoms with Crippen LogP contribution >= 0.6 is 0 Å². The van der Waals surface area contributed by atoms with Gasteiger partial charge in [0, 0.05) is 11.8 Å². The van der Waals surface area contributed by atoms with Gasteiger partial charge in [-0.3, -0.25) is 0 Å². The van der Waals surface area contributed by atoms with Gasteiger partial charge in [-0.05, 0) is 42.3 Å². The molecule has 3 N–H and O–H groups in total. The fourth-order valence-corrected chi connectivity index (χ4v) is 3.98. The molecular weight excluding hydrogens is 414 g/mol. The summed E-state index contributed by atoms with van der Waals surface area (Å²) in [5, 5.41) is 26.7. The fraction of sp³-hybridized carbons (Fsp3) is 0.200. The number of ether oxygens (including phenoxy) is 1. The third-order valence-electron chi connectivity index (χ3n) is 5.71. The number of nitriles is 1. The highest BCUT2D eigenvalue weighted by molar-refractivity contribution is 5.67. The highest BCUT2D eigenvalue weighted by Crippen LogP contribution is 2.33. The molecule has 1 aliphatic heterocycles. The summed E-state index contributed by atoms with van der Waals surface area (Å²) in [5.41, 5.74) is 5.47. The Bertz CT molecular complexity index is 1230. The molecule has 164 valence electrons. The second kappa shape index (κ2) is 9.51. The molecule has 8 heteroatoms. The molecule has 0 unspecified atom stereocenters. The first-order chi connectivity index (χ1) is 16.3. The summed E-state index contributed by atoms with van der Waals surface area (Å²) in [6.07, 6.45) is 4.13. The van der Waals surface area contributed by atoms with Crippen molar-refractivity contribution in [2.24, 2.45) is 0 Å². The second-order valence-electron chi connectivity index (χ2n) is 7.87. The van der Waals surface area contributed by atoms with Gasteiger partial charge in [0.2, 0.25) is 5.88 Å². The molecule has 8 nitrogen and oxygen atoms in total. The number of nitrogens with zero attached hydrogens (tertiary/aromatic N) is 4. The number of aromatic nitrogens is 4. The molecule has 0 aliphatic carbocycles. The van der Waals surface area contributed by atoms with Gasteiger partial charge >= 0.3 is 0 Å². The first-order valence-electron chi connectivity index (χ1n) is 10.8. The van der Waals surface area contributed by atoms with Gasteiger partial charge in [-0.15, -0.1) is 0 Å². The van der Waals surface area contributed by atoms with Crippen LogP contribution in [0, 0.1) is 11.3 Å². The summed E-state index contributed by atoms with van der Waals surface area (Å²) >= 11 is 0. The molecule has 0 amide bonds. The standard InChI is InChI=1S/C25H23N7O/c26-13-18-8-6-17(7-9-18)10-11-27-24(19-4-2-1-3-5-19)23-16-28-21-12-20(14-29-25(21)33-23)22-15-30-32-31-22/h1-9,12,14-15,23-24,27-28H,10-11,16H2,(H,30,31,32)/t23-,24+/m0/s1. The van der Waals surface area contributed by atoms with E-state index in [9.17, 15) is 0 Å². The van der Waals surface area contributed by atoms with Crippen LogP contribution in [-0.2, 0) is 6.42 Å². The molecule has 3 heterocycles. The monoisotopic (exact) mass is 437 g/mol. The highest BCUT2D eigenvalue weighted by Gasteiger charge is 2.29. The summed E-state index contributed by atoms with van der Waals surface area (Å²) in [6.45, 7) is 1.41. The first-order valence-corrected chi connectivity index (χ1v) is 10.8. The number of nitrogens with one attached hydrogen (secondary N) is 3. The number of benzene rings is 2. The second-order valence-corrected chi connectivity index (χ2v) is 7.87. The van der Waals surface area contributed by atoms with Crippen LogP contribution in [0.15, 0.2) is 73.1 Å². The third-order valence-corrected chi connectivity index (χ3v) is 5.71. The van der Waals surface area contributed by atoms with Gasteiger partial charge in [-0.2, -0.15) is 20.7 Å². The minimum atomic E-state index is -0.133. The van der Waals surface area contributed by atoms with Gasteiger partial charge in [-0.25, -0.2) is 4.98 Å². The molecule has 33 heavy (non-hydrogen) atoms. The van der Waals surface area contributed by atoms with Crippen LogP contribution in [-0.4, -0.2) is 39.6 Å². The van der Waals surface area contributed by atoms with Crippen molar-refractivity contribution in [1.29, 1.82) is 5.26 Å². The minimum absolute atomic E-state index is 0.0118. The maximum Gasteiger partial charge on any atom is 0.237 e. The summed E-state index contributed by atoms with van der Waals surface area (Å²) in [7, 11) is 0. The minimum Gasteiger partial charge on any atom is -0.469 e. The summed E-state index contributed by atoms with van der Waals surface area (Å²) < 4.78 is 6.34. The average molecular weight is 438 g/mol. The zero-order valence-electron chi connectivity index (χ0n) is 17.9. The molecule has 0 saturated heterocycles. The lowest BCUT2D eigenvalue weighted by atomic mass is 9.99. The Morgan fingerprint density at radius 3 is 2.73 bits per heavy atom. The molecule has 2 aromatic carbocycles. The van der Waals surface area contributed by atoms with Gasteiger partial charge in [0.05, 0.1) is 36.1 Å². The molecule has 0 saturated carbocycles. The van der Waals surface area contributed by atoms with Gasteiger partial charge in [-0.1, -0.05) is 42.5 Å². The van der Waals surface area contributed by atoms with Crippen molar-refractivity contribution in [3.05, 3.63) is 89.7 Å². The van der Waals surface area contributed by atoms with Gasteiger partial charge in [0.15, 0.2) is 0 Å². The Labute approximate surface area is 191 Å². The van der Waals surface area contributed by atoms with Gasteiger partial charge in [0.1, 0.15) is 11.8 Å². The molecule has 0 radical (unpaired) electrons. The van der Waals surface area contributed by atoms with Crippen LogP contribution in [0.25, 0.3) is 11.3 Å². The van der Waals surface area contributed by atoms with Crippen molar-refractivity contribution in [2.45, 2.75) is 18.6 Å². The van der Waals surface area contributed by atoms with Crippen LogP contribution in [0.1, 0.15) is 22.7 Å². The molecule has 2 aromatic heterocycles. The maximum atomic E-state index is 8.99. The number of pyridine rings is 1. The summed E-state index contributed by atoms with van der Waals surface area (Å²) in [5.74, 6) is 0.577. The number of hydrogen-bond acceptors (Lipinski definition) is 7. The molecule has 1 aliphatic rings. The van der Waals surface area contributed by atoms with E-state index < -0.39 is 0 Å². The molecular formula is C25H23N7O.